The molecule has 108 valence electrons. The van der Waals surface area contributed by atoms with Gasteiger partial charge >= 0.3 is 0 Å². The van der Waals surface area contributed by atoms with Crippen molar-refractivity contribution in [3.8, 4) is 0 Å². The highest BCUT2D eigenvalue weighted by Crippen LogP contribution is 2.29. The van der Waals surface area contributed by atoms with Gasteiger partial charge in [-0.05, 0) is 33.5 Å². The largest absolute Gasteiger partial charge is 0.397 e. The highest BCUT2D eigenvalue weighted by molar-refractivity contribution is 7.18. The first-order chi connectivity index (χ1) is 8.95. The minimum atomic E-state index is -0.0851. The monoisotopic (exact) mass is 284 g/mol. The van der Waals surface area contributed by atoms with Crippen LogP contribution in [0.5, 0.6) is 0 Å². The van der Waals surface area contributed by atoms with Crippen LogP contribution in [-0.4, -0.2) is 44.0 Å². The maximum atomic E-state index is 11.9. The molecule has 0 aliphatic rings. The lowest BCUT2D eigenvalue weighted by molar-refractivity contribution is 0.0958. The van der Waals surface area contributed by atoms with Gasteiger partial charge in [-0.25, -0.2) is 0 Å². The fourth-order valence-electron chi connectivity index (χ4n) is 1.42. The number of likely N-dealkylation sites (N-methyl/N-ethyl adjacent to an activating group) is 1. The summed E-state index contributed by atoms with van der Waals surface area (Å²) in [5, 5.41) is 7.09. The van der Waals surface area contributed by atoms with Crippen LogP contribution in [0.25, 0.3) is 0 Å². The first kappa shape index (κ1) is 15.8. The van der Waals surface area contributed by atoms with Gasteiger partial charge in [0, 0.05) is 19.1 Å². The number of nitrogens with zero attached hydrogens (tertiary/aromatic N) is 1. The summed E-state index contributed by atoms with van der Waals surface area (Å²) >= 11 is 1.41. The fraction of sp³-hybridized carbons (Fsp3) is 0.615. The number of carbonyl (C=O) groups excluding carboxylic acids is 1. The van der Waals surface area contributed by atoms with E-state index in [0.717, 1.165) is 18.0 Å². The lowest BCUT2D eigenvalue weighted by Crippen LogP contribution is -2.31. The zero-order valence-electron chi connectivity index (χ0n) is 12.1. The van der Waals surface area contributed by atoms with Gasteiger partial charge in [0.2, 0.25) is 0 Å². The molecule has 1 amide bonds. The van der Waals surface area contributed by atoms with Crippen molar-refractivity contribution in [3.63, 3.8) is 0 Å². The second kappa shape index (κ2) is 7.35. The van der Waals surface area contributed by atoms with Crippen LogP contribution >= 0.6 is 11.3 Å². The van der Waals surface area contributed by atoms with Crippen LogP contribution in [0.15, 0.2) is 6.07 Å². The minimum absolute atomic E-state index is 0.0851. The summed E-state index contributed by atoms with van der Waals surface area (Å²) in [5.41, 5.74) is 6.42. The Hall–Kier alpha value is -1.27. The van der Waals surface area contributed by atoms with Crippen molar-refractivity contribution in [2.24, 2.45) is 0 Å². The van der Waals surface area contributed by atoms with Gasteiger partial charge in [-0.1, -0.05) is 6.92 Å². The Morgan fingerprint density at radius 3 is 2.79 bits per heavy atom. The topological polar surface area (TPSA) is 70.4 Å². The van der Waals surface area contributed by atoms with E-state index in [1.807, 2.05) is 27.1 Å². The van der Waals surface area contributed by atoms with Crippen LogP contribution in [0, 0.1) is 0 Å². The van der Waals surface area contributed by atoms with Gasteiger partial charge in [0.1, 0.15) is 4.88 Å². The Balaban J connectivity index is 2.61. The summed E-state index contributed by atoms with van der Waals surface area (Å²) in [6.45, 7) is 5.66. The van der Waals surface area contributed by atoms with E-state index in [2.05, 4.69) is 22.5 Å². The molecule has 0 saturated heterocycles. The summed E-state index contributed by atoms with van der Waals surface area (Å²) in [4.78, 5) is 14.6. The molecule has 0 fully saturated rings. The van der Waals surface area contributed by atoms with Gasteiger partial charge in [0.25, 0.3) is 5.91 Å². The summed E-state index contributed by atoms with van der Waals surface area (Å²) in [6.07, 6.45) is 0.919. The lowest BCUT2D eigenvalue weighted by Gasteiger charge is -2.19. The highest BCUT2D eigenvalue weighted by Gasteiger charge is 2.14. The van der Waals surface area contributed by atoms with E-state index >= 15 is 0 Å². The van der Waals surface area contributed by atoms with E-state index in [4.69, 9.17) is 5.73 Å². The maximum Gasteiger partial charge on any atom is 0.263 e. The molecule has 1 unspecified atom stereocenters. The number of hydrogen-bond acceptors (Lipinski definition) is 5. The van der Waals surface area contributed by atoms with E-state index in [-0.39, 0.29) is 5.91 Å². The molecule has 5 nitrogen and oxygen atoms in total. The standard InChI is InChI=1S/C13H24N4OS/c1-5-6-15-13(18)12-10(14)7-11(19-12)16-8-9(2)17(3)4/h7,9,16H,5-6,8,14H2,1-4H3,(H,15,18). The van der Waals surface area contributed by atoms with Crippen molar-refractivity contribution >= 4 is 27.9 Å². The number of thiophene rings is 1. The summed E-state index contributed by atoms with van der Waals surface area (Å²) in [6, 6.07) is 2.24. The highest BCUT2D eigenvalue weighted by atomic mass is 32.1. The van der Waals surface area contributed by atoms with Gasteiger partial charge in [-0.3, -0.25) is 4.79 Å². The van der Waals surface area contributed by atoms with Gasteiger partial charge in [0.05, 0.1) is 10.7 Å². The molecule has 0 aliphatic heterocycles. The quantitative estimate of drug-likeness (QED) is 0.714. The molecule has 19 heavy (non-hydrogen) atoms. The minimum Gasteiger partial charge on any atom is -0.397 e. The molecule has 1 aromatic heterocycles. The van der Waals surface area contributed by atoms with Crippen LogP contribution in [-0.2, 0) is 0 Å². The first-order valence-electron chi connectivity index (χ1n) is 6.53. The van der Waals surface area contributed by atoms with E-state index in [1.165, 1.54) is 11.3 Å². The molecule has 0 spiro atoms. The zero-order valence-corrected chi connectivity index (χ0v) is 12.9. The van der Waals surface area contributed by atoms with E-state index < -0.39 is 0 Å². The first-order valence-corrected chi connectivity index (χ1v) is 7.35. The Labute approximate surface area is 119 Å². The predicted molar refractivity (Wildman–Crippen MR) is 83.0 cm³/mol. The normalized spacial score (nSPS) is 12.5. The molecule has 0 saturated carbocycles. The van der Waals surface area contributed by atoms with Crippen molar-refractivity contribution in [1.29, 1.82) is 0 Å². The molecule has 4 N–H and O–H groups in total. The number of rotatable bonds is 7. The van der Waals surface area contributed by atoms with Crippen molar-refractivity contribution in [2.45, 2.75) is 26.3 Å². The molecule has 1 aromatic rings. The van der Waals surface area contributed by atoms with Crippen LogP contribution in [0.1, 0.15) is 29.9 Å². The molecule has 0 radical (unpaired) electrons. The molecular formula is C13H24N4OS. The zero-order chi connectivity index (χ0) is 14.4. The maximum absolute atomic E-state index is 11.9. The Kier molecular flexibility index (Phi) is 6.11. The van der Waals surface area contributed by atoms with Gasteiger partial charge in [-0.2, -0.15) is 0 Å². The number of hydrogen-bond donors (Lipinski definition) is 3. The number of anilines is 2. The molecule has 0 aromatic carbocycles. The molecule has 1 rings (SSSR count). The fourth-order valence-corrected chi connectivity index (χ4v) is 2.32. The number of amides is 1. The second-order valence-electron chi connectivity index (χ2n) is 4.84. The summed E-state index contributed by atoms with van der Waals surface area (Å²) in [7, 11) is 4.08. The third-order valence-electron chi connectivity index (χ3n) is 2.96. The third kappa shape index (κ3) is 4.72. The second-order valence-corrected chi connectivity index (χ2v) is 5.90. The summed E-state index contributed by atoms with van der Waals surface area (Å²) < 4.78 is 0. The predicted octanol–water partition coefficient (Wildman–Crippen LogP) is 1.83. The van der Waals surface area contributed by atoms with Gasteiger partial charge in [0.15, 0.2) is 0 Å². The Morgan fingerprint density at radius 2 is 2.21 bits per heavy atom. The molecule has 0 bridgehead atoms. The van der Waals surface area contributed by atoms with Crippen molar-refractivity contribution in [1.82, 2.24) is 10.2 Å². The molecule has 1 heterocycles. The average Bonchev–Trinajstić information content (AvgIpc) is 2.74. The SMILES string of the molecule is CCCNC(=O)c1sc(NCC(C)N(C)C)cc1N. The lowest BCUT2D eigenvalue weighted by atomic mass is 10.3. The van der Waals surface area contributed by atoms with E-state index in [1.54, 1.807) is 0 Å². The molecule has 1 atom stereocenters. The van der Waals surface area contributed by atoms with E-state index in [0.29, 0.717) is 23.2 Å². The van der Waals surface area contributed by atoms with Crippen LogP contribution in [0.2, 0.25) is 0 Å². The van der Waals surface area contributed by atoms with Crippen LogP contribution in [0.3, 0.4) is 0 Å². The van der Waals surface area contributed by atoms with Crippen molar-refractivity contribution < 1.29 is 4.79 Å². The molecule has 6 heteroatoms. The van der Waals surface area contributed by atoms with Crippen LogP contribution < -0.4 is 16.4 Å². The van der Waals surface area contributed by atoms with Gasteiger partial charge < -0.3 is 21.3 Å². The number of carbonyl (C=O) groups is 1. The van der Waals surface area contributed by atoms with E-state index in [9.17, 15) is 4.79 Å². The Bertz CT molecular complexity index is 417. The number of nitrogens with one attached hydrogen (secondary N) is 2. The van der Waals surface area contributed by atoms with Crippen molar-refractivity contribution in [3.05, 3.63) is 10.9 Å². The average molecular weight is 284 g/mol. The third-order valence-corrected chi connectivity index (χ3v) is 4.06. The molecular weight excluding hydrogens is 260 g/mol. The Morgan fingerprint density at radius 1 is 1.53 bits per heavy atom. The molecule has 0 aliphatic carbocycles. The van der Waals surface area contributed by atoms with Gasteiger partial charge in [-0.15, -0.1) is 11.3 Å². The summed E-state index contributed by atoms with van der Waals surface area (Å²) in [5.74, 6) is -0.0851. The smallest absolute Gasteiger partial charge is 0.263 e. The number of nitrogens with two attached hydrogens (primary N) is 1. The number of nitrogen functional groups attached to an aromatic ring is 1. The van der Waals surface area contributed by atoms with Crippen molar-refractivity contribution in [2.75, 3.05) is 38.2 Å². The van der Waals surface area contributed by atoms with Crippen LogP contribution in [0.4, 0.5) is 10.7 Å².